The minimum absolute atomic E-state index is 0.00335. The van der Waals surface area contributed by atoms with Crippen molar-refractivity contribution in [2.24, 2.45) is 0 Å². The number of rotatable bonds is 4. The Kier molecular flexibility index (Phi) is 6.35. The summed E-state index contributed by atoms with van der Waals surface area (Å²) in [6.45, 7) is 8.03. The Labute approximate surface area is 190 Å². The van der Waals surface area contributed by atoms with Gasteiger partial charge in [0.1, 0.15) is 5.60 Å². The second kappa shape index (κ2) is 9.18. The van der Waals surface area contributed by atoms with Gasteiger partial charge in [-0.3, -0.25) is 4.98 Å². The molecule has 0 spiro atoms. The molecule has 2 aliphatic heterocycles. The molecule has 2 aliphatic rings. The van der Waals surface area contributed by atoms with Gasteiger partial charge in [-0.2, -0.15) is 0 Å². The number of hydrogen-bond donors (Lipinski definition) is 0. The molecule has 0 radical (unpaired) electrons. The number of nitrogens with zero attached hydrogens (tertiary/aromatic N) is 4. The van der Waals surface area contributed by atoms with Crippen molar-refractivity contribution in [1.29, 1.82) is 0 Å². The van der Waals surface area contributed by atoms with Crippen molar-refractivity contribution in [2.75, 3.05) is 19.6 Å². The third-order valence-electron chi connectivity index (χ3n) is 6.04. The van der Waals surface area contributed by atoms with E-state index in [2.05, 4.69) is 17.1 Å². The van der Waals surface area contributed by atoms with Crippen LogP contribution in [-0.2, 0) is 11.3 Å². The van der Waals surface area contributed by atoms with Gasteiger partial charge in [0.05, 0.1) is 6.04 Å². The average Bonchev–Trinajstić information content (AvgIpc) is 3.10. The number of urea groups is 1. The molecular weight excluding hydrogens is 404 g/mol. The van der Waals surface area contributed by atoms with E-state index in [4.69, 9.17) is 4.74 Å². The number of benzene rings is 1. The fraction of sp³-hybridized carbons (Fsp3) is 0.480. The van der Waals surface area contributed by atoms with Crippen LogP contribution in [0, 0.1) is 0 Å². The van der Waals surface area contributed by atoms with Gasteiger partial charge >= 0.3 is 12.1 Å². The summed E-state index contributed by atoms with van der Waals surface area (Å²) < 4.78 is 5.53. The molecule has 1 unspecified atom stereocenters. The quantitative estimate of drug-likeness (QED) is 0.710. The van der Waals surface area contributed by atoms with Crippen molar-refractivity contribution in [3.63, 3.8) is 0 Å². The molecule has 1 atom stereocenters. The van der Waals surface area contributed by atoms with Crippen LogP contribution in [0.5, 0.6) is 0 Å². The van der Waals surface area contributed by atoms with Gasteiger partial charge in [0, 0.05) is 44.6 Å². The van der Waals surface area contributed by atoms with Gasteiger partial charge in [0.15, 0.2) is 0 Å². The lowest BCUT2D eigenvalue weighted by atomic mass is 9.99. The van der Waals surface area contributed by atoms with Crippen LogP contribution in [0.15, 0.2) is 54.9 Å². The van der Waals surface area contributed by atoms with Gasteiger partial charge < -0.3 is 19.4 Å². The van der Waals surface area contributed by atoms with Crippen LogP contribution in [0.4, 0.5) is 9.59 Å². The average molecular weight is 437 g/mol. The molecule has 0 N–H and O–H groups in total. The van der Waals surface area contributed by atoms with E-state index in [1.165, 1.54) is 0 Å². The SMILES string of the molecule is CC(C)(C)OC(=O)N1CCC(N2C(=O)N(Cc3ccncc3)CC2c2ccccc2)CC1. The maximum atomic E-state index is 13.5. The highest BCUT2D eigenvalue weighted by Gasteiger charge is 2.43. The molecule has 7 heteroatoms. The summed E-state index contributed by atoms with van der Waals surface area (Å²) in [5, 5.41) is 0. The zero-order chi connectivity index (χ0) is 22.7. The zero-order valence-corrected chi connectivity index (χ0v) is 19.1. The Bertz CT molecular complexity index is 921. The minimum Gasteiger partial charge on any atom is -0.444 e. The molecule has 3 amide bonds. The molecule has 2 saturated heterocycles. The fourth-order valence-electron chi connectivity index (χ4n) is 4.52. The Balaban J connectivity index is 1.49. The van der Waals surface area contributed by atoms with E-state index in [1.807, 2.05) is 60.9 Å². The number of hydrogen-bond acceptors (Lipinski definition) is 4. The second-order valence-electron chi connectivity index (χ2n) is 9.55. The molecule has 3 heterocycles. The third-order valence-corrected chi connectivity index (χ3v) is 6.04. The van der Waals surface area contributed by atoms with Crippen molar-refractivity contribution < 1.29 is 14.3 Å². The molecule has 7 nitrogen and oxygen atoms in total. The van der Waals surface area contributed by atoms with E-state index in [1.54, 1.807) is 17.3 Å². The maximum absolute atomic E-state index is 13.5. The normalized spacial score (nSPS) is 20.0. The van der Waals surface area contributed by atoms with Gasteiger partial charge in [-0.05, 0) is 56.9 Å². The molecular formula is C25H32N4O3. The second-order valence-corrected chi connectivity index (χ2v) is 9.55. The molecule has 2 fully saturated rings. The molecule has 1 aromatic carbocycles. The molecule has 32 heavy (non-hydrogen) atoms. The molecule has 4 rings (SSSR count). The molecule has 1 aromatic heterocycles. The van der Waals surface area contributed by atoms with E-state index in [0.29, 0.717) is 26.2 Å². The summed E-state index contributed by atoms with van der Waals surface area (Å²) in [5.41, 5.74) is 1.71. The monoisotopic (exact) mass is 436 g/mol. The predicted octanol–water partition coefficient (Wildman–Crippen LogP) is 4.46. The van der Waals surface area contributed by atoms with Crippen LogP contribution in [-0.4, -0.2) is 63.1 Å². The fourth-order valence-corrected chi connectivity index (χ4v) is 4.52. The van der Waals surface area contributed by atoms with Crippen LogP contribution >= 0.6 is 0 Å². The maximum Gasteiger partial charge on any atom is 0.410 e. The smallest absolute Gasteiger partial charge is 0.410 e. The van der Waals surface area contributed by atoms with Crippen LogP contribution in [0.2, 0.25) is 0 Å². The lowest BCUT2D eigenvalue weighted by Gasteiger charge is -2.39. The standard InChI is InChI=1S/C25H32N4O3/c1-25(2,3)32-24(31)27-15-11-21(12-16-27)29-22(20-7-5-4-6-8-20)18-28(23(29)30)17-19-9-13-26-14-10-19/h4-10,13-14,21-22H,11-12,15-18H2,1-3H3. The first kappa shape index (κ1) is 22.1. The number of carbonyl (C=O) groups is 2. The van der Waals surface area contributed by atoms with E-state index in [9.17, 15) is 9.59 Å². The van der Waals surface area contributed by atoms with Gasteiger partial charge in [-0.25, -0.2) is 9.59 Å². The highest BCUT2D eigenvalue weighted by Crippen LogP contribution is 2.35. The van der Waals surface area contributed by atoms with Crippen molar-refractivity contribution in [3.8, 4) is 0 Å². The van der Waals surface area contributed by atoms with Crippen LogP contribution < -0.4 is 0 Å². The third kappa shape index (κ3) is 5.03. The number of ether oxygens (including phenoxy) is 1. The van der Waals surface area contributed by atoms with Crippen LogP contribution in [0.1, 0.15) is 50.8 Å². The number of amides is 3. The summed E-state index contributed by atoms with van der Waals surface area (Å²) in [6.07, 6.45) is 4.74. The zero-order valence-electron chi connectivity index (χ0n) is 19.1. The minimum atomic E-state index is -0.509. The Morgan fingerprint density at radius 2 is 1.72 bits per heavy atom. The summed E-state index contributed by atoms with van der Waals surface area (Å²) in [5.74, 6) is 0. The number of pyridine rings is 1. The molecule has 2 aromatic rings. The first-order valence-electron chi connectivity index (χ1n) is 11.3. The summed E-state index contributed by atoms with van der Waals surface area (Å²) in [4.78, 5) is 35.8. The molecule has 170 valence electrons. The van der Waals surface area contributed by atoms with Crippen molar-refractivity contribution in [3.05, 3.63) is 66.0 Å². The molecule has 0 aliphatic carbocycles. The number of likely N-dealkylation sites (tertiary alicyclic amines) is 1. The predicted molar refractivity (Wildman–Crippen MR) is 122 cm³/mol. The lowest BCUT2D eigenvalue weighted by molar-refractivity contribution is 0.0157. The Morgan fingerprint density at radius 3 is 2.34 bits per heavy atom. The van der Waals surface area contributed by atoms with E-state index in [0.717, 1.165) is 24.0 Å². The summed E-state index contributed by atoms with van der Waals surface area (Å²) >= 11 is 0. The van der Waals surface area contributed by atoms with Crippen molar-refractivity contribution >= 4 is 12.1 Å². The summed E-state index contributed by atoms with van der Waals surface area (Å²) in [7, 11) is 0. The molecule has 0 bridgehead atoms. The summed E-state index contributed by atoms with van der Waals surface area (Å²) in [6, 6.07) is 14.3. The van der Waals surface area contributed by atoms with Gasteiger partial charge in [0.2, 0.25) is 0 Å². The highest BCUT2D eigenvalue weighted by atomic mass is 16.6. The Morgan fingerprint density at radius 1 is 1.06 bits per heavy atom. The van der Waals surface area contributed by atoms with Gasteiger partial charge in [0.25, 0.3) is 0 Å². The van der Waals surface area contributed by atoms with E-state index < -0.39 is 5.60 Å². The number of piperidine rings is 1. The van der Waals surface area contributed by atoms with E-state index in [-0.39, 0.29) is 24.2 Å². The van der Waals surface area contributed by atoms with Gasteiger partial charge in [-0.15, -0.1) is 0 Å². The highest BCUT2D eigenvalue weighted by molar-refractivity contribution is 5.78. The largest absolute Gasteiger partial charge is 0.444 e. The Hall–Kier alpha value is -3.09. The topological polar surface area (TPSA) is 66.0 Å². The van der Waals surface area contributed by atoms with Crippen molar-refractivity contribution in [2.45, 2.75) is 57.8 Å². The number of aromatic nitrogens is 1. The first-order chi connectivity index (χ1) is 15.3. The van der Waals surface area contributed by atoms with E-state index >= 15 is 0 Å². The molecule has 0 saturated carbocycles. The van der Waals surface area contributed by atoms with Crippen LogP contribution in [0.3, 0.4) is 0 Å². The van der Waals surface area contributed by atoms with Gasteiger partial charge in [-0.1, -0.05) is 30.3 Å². The lowest BCUT2D eigenvalue weighted by Crippen LogP contribution is -2.49. The first-order valence-corrected chi connectivity index (χ1v) is 11.3. The van der Waals surface area contributed by atoms with Crippen LogP contribution in [0.25, 0.3) is 0 Å². The van der Waals surface area contributed by atoms with Crippen molar-refractivity contribution in [1.82, 2.24) is 19.7 Å². The number of carbonyl (C=O) groups excluding carboxylic acids is 2.